The monoisotopic (exact) mass is 530 g/mol. The predicted octanol–water partition coefficient (Wildman–Crippen LogP) is 3.75. The van der Waals surface area contributed by atoms with Gasteiger partial charge in [-0.3, -0.25) is 9.79 Å². The van der Waals surface area contributed by atoms with Crippen LogP contribution in [-0.4, -0.2) is 51.3 Å². The number of hydrogen-bond acceptors (Lipinski definition) is 3. The Bertz CT molecular complexity index is 648. The van der Waals surface area contributed by atoms with E-state index >= 15 is 0 Å². The molecule has 30 heavy (non-hydrogen) atoms. The smallest absolute Gasteiger partial charge is 0.251 e. The number of aliphatic imine (C=N–C) groups is 1. The summed E-state index contributed by atoms with van der Waals surface area (Å²) >= 11 is 0. The van der Waals surface area contributed by atoms with Crippen LogP contribution < -0.4 is 16.0 Å². The molecular formula is C23H39IN4O2. The number of nitrogens with zero attached hydrogens (tertiary/aromatic N) is 1. The van der Waals surface area contributed by atoms with Crippen molar-refractivity contribution in [3.8, 4) is 0 Å². The van der Waals surface area contributed by atoms with Crippen molar-refractivity contribution in [2.24, 2.45) is 10.9 Å². The number of halogens is 1. The Labute approximate surface area is 199 Å². The molecule has 0 spiro atoms. The van der Waals surface area contributed by atoms with Crippen molar-refractivity contribution in [3.05, 3.63) is 35.4 Å². The summed E-state index contributed by atoms with van der Waals surface area (Å²) in [7, 11) is 1.65. The number of nitrogens with one attached hydrogen (secondary N) is 3. The lowest BCUT2D eigenvalue weighted by molar-refractivity contribution is 0.0177. The highest BCUT2D eigenvalue weighted by molar-refractivity contribution is 14.0. The van der Waals surface area contributed by atoms with Gasteiger partial charge in [0.25, 0.3) is 5.91 Å². The third-order valence-corrected chi connectivity index (χ3v) is 5.46. The molecule has 1 fully saturated rings. The zero-order valence-electron chi connectivity index (χ0n) is 18.7. The molecular weight excluding hydrogens is 491 g/mol. The third kappa shape index (κ3) is 9.20. The van der Waals surface area contributed by atoms with Crippen molar-refractivity contribution in [1.82, 2.24) is 16.0 Å². The van der Waals surface area contributed by atoms with E-state index in [4.69, 9.17) is 9.73 Å². The maximum Gasteiger partial charge on any atom is 0.251 e. The molecule has 1 aliphatic rings. The quantitative estimate of drug-likeness (QED) is 0.232. The summed E-state index contributed by atoms with van der Waals surface area (Å²) in [5.41, 5.74) is 1.83. The van der Waals surface area contributed by atoms with Gasteiger partial charge < -0.3 is 20.7 Å². The van der Waals surface area contributed by atoms with Gasteiger partial charge in [-0.05, 0) is 63.1 Å². The second-order valence-electron chi connectivity index (χ2n) is 7.54. The van der Waals surface area contributed by atoms with Gasteiger partial charge in [-0.15, -0.1) is 24.0 Å². The maximum absolute atomic E-state index is 11.8. The lowest BCUT2D eigenvalue weighted by Gasteiger charge is -2.22. The summed E-state index contributed by atoms with van der Waals surface area (Å²) in [6.45, 7) is 7.29. The normalized spacial score (nSPS) is 15.4. The zero-order valence-corrected chi connectivity index (χ0v) is 21.0. The van der Waals surface area contributed by atoms with Crippen molar-refractivity contribution in [1.29, 1.82) is 0 Å². The fourth-order valence-corrected chi connectivity index (χ4v) is 3.98. The topological polar surface area (TPSA) is 74.8 Å². The lowest BCUT2D eigenvalue weighted by atomic mass is 9.98. The van der Waals surface area contributed by atoms with Crippen LogP contribution in [0.4, 0.5) is 0 Å². The summed E-state index contributed by atoms with van der Waals surface area (Å²) in [5.74, 6) is 1.49. The first-order valence-corrected chi connectivity index (χ1v) is 11.1. The molecule has 1 amide bonds. The minimum atomic E-state index is -0.0548. The highest BCUT2D eigenvalue weighted by atomic mass is 127. The summed E-state index contributed by atoms with van der Waals surface area (Å²) in [5, 5.41) is 9.39. The standard InChI is InChI=1S/C23H38N4O2.HI/c1-4-25-23(27-16-14-21(29-5-2)19-10-6-7-11-19)26-15-13-18-9-8-12-20(17-18)22(28)24-3;/h8-9,12,17,19,21H,4-7,10-11,13-16H2,1-3H3,(H,24,28)(H2,25,26,27);1H. The first kappa shape index (κ1) is 26.7. The van der Waals surface area contributed by atoms with Gasteiger partial charge in [-0.2, -0.15) is 0 Å². The molecule has 1 unspecified atom stereocenters. The predicted molar refractivity (Wildman–Crippen MR) is 135 cm³/mol. The molecule has 1 atom stereocenters. The number of carbonyl (C=O) groups excluding carboxylic acids is 1. The number of rotatable bonds is 11. The van der Waals surface area contributed by atoms with Crippen LogP contribution in [-0.2, 0) is 11.2 Å². The molecule has 3 N–H and O–H groups in total. The molecule has 0 aromatic heterocycles. The average Bonchev–Trinajstić information content (AvgIpc) is 3.27. The van der Waals surface area contributed by atoms with Crippen molar-refractivity contribution in [2.75, 3.05) is 33.3 Å². The van der Waals surface area contributed by atoms with Crippen molar-refractivity contribution in [3.63, 3.8) is 0 Å². The average molecular weight is 530 g/mol. The Hall–Kier alpha value is -1.35. The highest BCUT2D eigenvalue weighted by Gasteiger charge is 2.24. The molecule has 0 radical (unpaired) electrons. The maximum atomic E-state index is 11.8. The number of guanidine groups is 1. The van der Waals surface area contributed by atoms with Gasteiger partial charge in [-0.25, -0.2) is 0 Å². The third-order valence-electron chi connectivity index (χ3n) is 5.46. The van der Waals surface area contributed by atoms with Crippen LogP contribution in [0.5, 0.6) is 0 Å². The number of amides is 1. The first-order valence-electron chi connectivity index (χ1n) is 11.1. The molecule has 0 saturated heterocycles. The Balaban J connectivity index is 0.00000450. The van der Waals surface area contributed by atoms with Crippen molar-refractivity contribution < 1.29 is 9.53 Å². The second kappa shape index (κ2) is 15.5. The van der Waals surface area contributed by atoms with Crippen molar-refractivity contribution >= 4 is 35.8 Å². The number of hydrogen-bond donors (Lipinski definition) is 3. The van der Waals surface area contributed by atoms with Crippen molar-refractivity contribution in [2.45, 2.75) is 58.5 Å². The van der Waals surface area contributed by atoms with E-state index in [1.807, 2.05) is 24.3 Å². The molecule has 0 heterocycles. The molecule has 6 nitrogen and oxygen atoms in total. The Morgan fingerprint density at radius 2 is 2.00 bits per heavy atom. The van der Waals surface area contributed by atoms with Crippen LogP contribution in [0.3, 0.4) is 0 Å². The van der Waals surface area contributed by atoms with Gasteiger partial charge in [0.05, 0.1) is 6.10 Å². The van der Waals surface area contributed by atoms with Crippen LogP contribution in [0.1, 0.15) is 61.9 Å². The Morgan fingerprint density at radius 3 is 2.67 bits per heavy atom. The molecule has 1 aliphatic carbocycles. The van der Waals surface area contributed by atoms with Crippen LogP contribution in [0.15, 0.2) is 29.3 Å². The van der Waals surface area contributed by atoms with Gasteiger partial charge >= 0.3 is 0 Å². The van der Waals surface area contributed by atoms with E-state index in [-0.39, 0.29) is 29.9 Å². The first-order chi connectivity index (χ1) is 14.2. The molecule has 170 valence electrons. The molecule has 0 aliphatic heterocycles. The number of ether oxygens (including phenoxy) is 1. The van der Waals surface area contributed by atoms with Gasteiger partial charge in [0.2, 0.25) is 0 Å². The van der Waals surface area contributed by atoms with E-state index in [0.29, 0.717) is 17.6 Å². The van der Waals surface area contributed by atoms with Gasteiger partial charge in [-0.1, -0.05) is 25.0 Å². The van der Waals surface area contributed by atoms with E-state index in [0.717, 1.165) is 50.6 Å². The van der Waals surface area contributed by atoms with E-state index in [1.165, 1.54) is 25.7 Å². The summed E-state index contributed by atoms with van der Waals surface area (Å²) in [6.07, 6.45) is 7.40. The fraction of sp³-hybridized carbons (Fsp3) is 0.652. The Kier molecular flexibility index (Phi) is 13.7. The number of carbonyl (C=O) groups is 1. The van der Waals surface area contributed by atoms with E-state index in [9.17, 15) is 4.79 Å². The zero-order chi connectivity index (χ0) is 20.9. The highest BCUT2D eigenvalue weighted by Crippen LogP contribution is 2.30. The molecule has 1 aromatic carbocycles. The number of benzene rings is 1. The van der Waals surface area contributed by atoms with E-state index < -0.39 is 0 Å². The minimum Gasteiger partial charge on any atom is -0.378 e. The van der Waals surface area contributed by atoms with Crippen LogP contribution >= 0.6 is 24.0 Å². The van der Waals surface area contributed by atoms with E-state index in [1.54, 1.807) is 7.05 Å². The summed E-state index contributed by atoms with van der Waals surface area (Å²) in [6, 6.07) is 7.75. The fourth-order valence-electron chi connectivity index (χ4n) is 3.98. The largest absolute Gasteiger partial charge is 0.378 e. The van der Waals surface area contributed by atoms with Crippen LogP contribution in [0.25, 0.3) is 0 Å². The molecule has 1 aromatic rings. The molecule has 7 heteroatoms. The van der Waals surface area contributed by atoms with Gasteiger partial charge in [0.15, 0.2) is 5.96 Å². The minimum absolute atomic E-state index is 0. The summed E-state index contributed by atoms with van der Waals surface area (Å²) < 4.78 is 6.00. The van der Waals surface area contributed by atoms with Gasteiger partial charge in [0.1, 0.15) is 0 Å². The van der Waals surface area contributed by atoms with Crippen LogP contribution in [0.2, 0.25) is 0 Å². The Morgan fingerprint density at radius 1 is 1.23 bits per heavy atom. The molecule has 0 bridgehead atoms. The van der Waals surface area contributed by atoms with Gasteiger partial charge in [0, 0.05) is 38.9 Å². The summed E-state index contributed by atoms with van der Waals surface area (Å²) in [4.78, 5) is 16.5. The second-order valence-corrected chi connectivity index (χ2v) is 7.54. The molecule has 2 rings (SSSR count). The van der Waals surface area contributed by atoms with Crippen LogP contribution in [0, 0.1) is 5.92 Å². The van der Waals surface area contributed by atoms with E-state index in [2.05, 4.69) is 29.8 Å². The SMILES string of the molecule is CCNC(=NCCC(OCC)C1CCCC1)NCCc1cccc(C(=O)NC)c1.I. The molecule has 1 saturated carbocycles. The lowest BCUT2D eigenvalue weighted by Crippen LogP contribution is -2.38.